The maximum absolute atomic E-state index is 12.2. The Kier molecular flexibility index (Phi) is 3.09. The number of carbonyl (C=O) groups is 2. The molecule has 114 valence electrons. The molecule has 1 fully saturated rings. The van der Waals surface area contributed by atoms with Crippen LogP contribution in [-0.4, -0.2) is 33.4 Å². The number of carboxylic acid groups (broad SMARTS) is 1. The molecule has 1 aliphatic carbocycles. The van der Waals surface area contributed by atoms with Crippen molar-refractivity contribution in [1.82, 2.24) is 10.3 Å². The zero-order valence-corrected chi connectivity index (χ0v) is 11.5. The van der Waals surface area contributed by atoms with Crippen LogP contribution < -0.4 is 5.32 Å². The number of non-ortho nitro benzene ring substituents is 1. The molecule has 1 aromatic carbocycles. The molecule has 0 spiro atoms. The Hall–Kier alpha value is -2.90. The van der Waals surface area contributed by atoms with Gasteiger partial charge in [-0.25, -0.2) is 0 Å². The summed E-state index contributed by atoms with van der Waals surface area (Å²) in [6.07, 6.45) is 2.55. The summed E-state index contributed by atoms with van der Waals surface area (Å²) in [4.78, 5) is 36.4. The van der Waals surface area contributed by atoms with E-state index in [4.69, 9.17) is 5.11 Å². The average molecular weight is 303 g/mol. The zero-order valence-electron chi connectivity index (χ0n) is 11.5. The standard InChI is InChI=1S/C14H13N3O5/c18-12(16-7-14(3-4-14)13(19)20)10-6-15-11-2-1-8(17(21)22)5-9(10)11/h1-2,5-6,15H,3-4,7H2,(H,16,18)(H,19,20). The number of carboxylic acids is 1. The SMILES string of the molecule is O=C(NCC1(C(=O)O)CC1)c1c[nH]c2ccc([N+](=O)[O-])cc12. The summed E-state index contributed by atoms with van der Waals surface area (Å²) >= 11 is 0. The first kappa shape index (κ1) is 14.1. The first-order valence-electron chi connectivity index (χ1n) is 6.70. The second-order valence-corrected chi connectivity index (χ2v) is 5.46. The number of amides is 1. The molecular weight excluding hydrogens is 290 g/mol. The third kappa shape index (κ3) is 2.28. The van der Waals surface area contributed by atoms with Crippen LogP contribution in [0, 0.1) is 15.5 Å². The molecule has 1 saturated carbocycles. The summed E-state index contributed by atoms with van der Waals surface area (Å²) in [5.74, 6) is -1.36. The fraction of sp³-hybridized carbons (Fsp3) is 0.286. The molecule has 0 saturated heterocycles. The zero-order chi connectivity index (χ0) is 15.9. The van der Waals surface area contributed by atoms with E-state index >= 15 is 0 Å². The molecule has 1 aromatic heterocycles. The van der Waals surface area contributed by atoms with Crippen LogP contribution in [0.25, 0.3) is 10.9 Å². The van der Waals surface area contributed by atoms with Crippen molar-refractivity contribution in [3.63, 3.8) is 0 Å². The third-order valence-electron chi connectivity index (χ3n) is 4.02. The van der Waals surface area contributed by atoms with Gasteiger partial charge in [0.25, 0.3) is 11.6 Å². The molecule has 0 unspecified atom stereocenters. The molecule has 0 bridgehead atoms. The number of rotatable bonds is 5. The van der Waals surface area contributed by atoms with Gasteiger partial charge in [0.05, 0.1) is 15.9 Å². The maximum Gasteiger partial charge on any atom is 0.311 e. The number of nitrogens with zero attached hydrogens (tertiary/aromatic N) is 1. The second kappa shape index (κ2) is 4.83. The summed E-state index contributed by atoms with van der Waals surface area (Å²) in [5.41, 5.74) is -0.0892. The lowest BCUT2D eigenvalue weighted by Crippen LogP contribution is -2.34. The van der Waals surface area contributed by atoms with Gasteiger partial charge in [-0.2, -0.15) is 0 Å². The highest BCUT2D eigenvalue weighted by molar-refractivity contribution is 6.07. The molecule has 2 aromatic rings. The number of nitrogens with one attached hydrogen (secondary N) is 2. The summed E-state index contributed by atoms with van der Waals surface area (Å²) < 4.78 is 0. The summed E-state index contributed by atoms with van der Waals surface area (Å²) in [6.45, 7) is 0.0583. The van der Waals surface area contributed by atoms with Gasteiger partial charge in [0.1, 0.15) is 0 Å². The molecule has 1 aliphatic rings. The van der Waals surface area contributed by atoms with Gasteiger partial charge in [0.2, 0.25) is 0 Å². The van der Waals surface area contributed by atoms with E-state index in [-0.39, 0.29) is 17.8 Å². The van der Waals surface area contributed by atoms with Crippen LogP contribution in [0.5, 0.6) is 0 Å². The lowest BCUT2D eigenvalue weighted by Gasteiger charge is -2.10. The quantitative estimate of drug-likeness (QED) is 0.572. The van der Waals surface area contributed by atoms with Crippen LogP contribution in [0.4, 0.5) is 5.69 Å². The van der Waals surface area contributed by atoms with Crippen LogP contribution in [0.15, 0.2) is 24.4 Å². The lowest BCUT2D eigenvalue weighted by atomic mass is 10.1. The van der Waals surface area contributed by atoms with Gasteiger partial charge in [-0.1, -0.05) is 0 Å². The molecule has 8 heteroatoms. The Morgan fingerprint density at radius 1 is 1.41 bits per heavy atom. The fourth-order valence-corrected chi connectivity index (χ4v) is 2.37. The number of H-pyrrole nitrogens is 1. The van der Waals surface area contributed by atoms with Crippen LogP contribution in [0.1, 0.15) is 23.2 Å². The summed E-state index contributed by atoms with van der Waals surface area (Å²) in [5, 5.41) is 22.9. The number of nitro benzene ring substituents is 1. The van der Waals surface area contributed by atoms with Crippen LogP contribution in [0.2, 0.25) is 0 Å². The Morgan fingerprint density at radius 3 is 2.73 bits per heavy atom. The largest absolute Gasteiger partial charge is 0.481 e. The number of hydrogen-bond acceptors (Lipinski definition) is 4. The van der Waals surface area contributed by atoms with E-state index in [1.54, 1.807) is 0 Å². The van der Waals surface area contributed by atoms with Crippen molar-refractivity contribution >= 4 is 28.5 Å². The number of benzene rings is 1. The molecule has 0 radical (unpaired) electrons. The maximum atomic E-state index is 12.2. The summed E-state index contributed by atoms with van der Waals surface area (Å²) in [7, 11) is 0. The average Bonchev–Trinajstić information content (AvgIpc) is 3.17. The first-order valence-corrected chi connectivity index (χ1v) is 6.70. The number of aromatic amines is 1. The molecule has 1 heterocycles. The highest BCUT2D eigenvalue weighted by atomic mass is 16.6. The van der Waals surface area contributed by atoms with Crippen molar-refractivity contribution in [2.24, 2.45) is 5.41 Å². The molecular formula is C14H13N3O5. The van der Waals surface area contributed by atoms with E-state index in [1.807, 2.05) is 0 Å². The van der Waals surface area contributed by atoms with Crippen molar-refractivity contribution in [1.29, 1.82) is 0 Å². The van der Waals surface area contributed by atoms with Crippen molar-refractivity contribution < 1.29 is 19.6 Å². The number of nitro groups is 1. The van der Waals surface area contributed by atoms with Gasteiger partial charge in [0.15, 0.2) is 0 Å². The van der Waals surface area contributed by atoms with Crippen LogP contribution >= 0.6 is 0 Å². The molecule has 3 N–H and O–H groups in total. The normalized spacial score (nSPS) is 15.5. The number of aromatic nitrogens is 1. The predicted octanol–water partition coefficient (Wildman–Crippen LogP) is 1.67. The smallest absolute Gasteiger partial charge is 0.311 e. The van der Waals surface area contributed by atoms with Gasteiger partial charge >= 0.3 is 5.97 Å². The number of aliphatic carboxylic acids is 1. The Morgan fingerprint density at radius 2 is 2.14 bits per heavy atom. The Balaban J connectivity index is 1.83. The highest BCUT2D eigenvalue weighted by Gasteiger charge is 2.50. The van der Waals surface area contributed by atoms with E-state index in [2.05, 4.69) is 10.3 Å². The van der Waals surface area contributed by atoms with Crippen molar-refractivity contribution in [2.45, 2.75) is 12.8 Å². The molecule has 0 aliphatic heterocycles. The Labute approximate surface area is 124 Å². The number of fused-ring (bicyclic) bond motifs is 1. The lowest BCUT2D eigenvalue weighted by molar-refractivity contribution is -0.384. The van der Waals surface area contributed by atoms with Crippen molar-refractivity contribution in [3.8, 4) is 0 Å². The van der Waals surface area contributed by atoms with Gasteiger partial charge < -0.3 is 15.4 Å². The number of hydrogen-bond donors (Lipinski definition) is 3. The predicted molar refractivity (Wildman–Crippen MR) is 76.6 cm³/mol. The van der Waals surface area contributed by atoms with E-state index in [9.17, 15) is 19.7 Å². The highest BCUT2D eigenvalue weighted by Crippen LogP contribution is 2.45. The molecule has 1 amide bonds. The van der Waals surface area contributed by atoms with Gasteiger partial charge in [-0.05, 0) is 18.9 Å². The van der Waals surface area contributed by atoms with Gasteiger partial charge in [0, 0.05) is 35.8 Å². The van der Waals surface area contributed by atoms with Gasteiger partial charge in [-0.15, -0.1) is 0 Å². The number of carbonyl (C=O) groups excluding carboxylic acids is 1. The minimum absolute atomic E-state index is 0.0583. The minimum atomic E-state index is -0.914. The molecule has 3 rings (SSSR count). The van der Waals surface area contributed by atoms with E-state index in [1.165, 1.54) is 24.4 Å². The van der Waals surface area contributed by atoms with Crippen molar-refractivity contribution in [3.05, 3.63) is 40.1 Å². The second-order valence-electron chi connectivity index (χ2n) is 5.46. The molecule has 0 atom stereocenters. The third-order valence-corrected chi connectivity index (χ3v) is 4.02. The molecule has 22 heavy (non-hydrogen) atoms. The van der Waals surface area contributed by atoms with Crippen LogP contribution in [0.3, 0.4) is 0 Å². The van der Waals surface area contributed by atoms with Crippen LogP contribution in [-0.2, 0) is 4.79 Å². The van der Waals surface area contributed by atoms with Crippen molar-refractivity contribution in [2.75, 3.05) is 6.54 Å². The van der Waals surface area contributed by atoms with Gasteiger partial charge in [-0.3, -0.25) is 19.7 Å². The monoisotopic (exact) mass is 303 g/mol. The summed E-state index contributed by atoms with van der Waals surface area (Å²) in [6, 6.07) is 4.21. The Bertz CT molecular complexity index is 791. The van der Waals surface area contributed by atoms with E-state index in [0.29, 0.717) is 23.7 Å². The fourth-order valence-electron chi connectivity index (χ4n) is 2.37. The first-order chi connectivity index (χ1) is 10.4. The van der Waals surface area contributed by atoms with E-state index in [0.717, 1.165) is 0 Å². The minimum Gasteiger partial charge on any atom is -0.481 e. The van der Waals surface area contributed by atoms with E-state index < -0.39 is 22.2 Å². The molecule has 8 nitrogen and oxygen atoms in total. The topological polar surface area (TPSA) is 125 Å².